The molecular weight excluding hydrogens is 304 g/mol. The Morgan fingerprint density at radius 2 is 1.95 bits per heavy atom. The van der Waals surface area contributed by atoms with Crippen molar-refractivity contribution in [1.29, 1.82) is 0 Å². The third kappa shape index (κ3) is 6.14. The van der Waals surface area contributed by atoms with Crippen molar-refractivity contribution in [3.8, 4) is 0 Å². The zero-order chi connectivity index (χ0) is 14.9. The molecule has 0 saturated carbocycles. The normalized spacial score (nSPS) is 10.3. The SMILES string of the molecule is S=C(NCCCn1cc(Cl)cn1)NCCc1ccccc1. The Hall–Kier alpha value is -1.59. The van der Waals surface area contributed by atoms with Gasteiger partial charge in [0.1, 0.15) is 0 Å². The minimum atomic E-state index is 0.668. The molecule has 0 fully saturated rings. The van der Waals surface area contributed by atoms with Crippen LogP contribution in [-0.2, 0) is 13.0 Å². The third-order valence-electron chi connectivity index (χ3n) is 2.99. The van der Waals surface area contributed by atoms with Crippen molar-refractivity contribution >= 4 is 28.9 Å². The van der Waals surface area contributed by atoms with Gasteiger partial charge in [0.25, 0.3) is 0 Å². The lowest BCUT2D eigenvalue weighted by Gasteiger charge is -2.10. The average Bonchev–Trinajstić information content (AvgIpc) is 2.90. The van der Waals surface area contributed by atoms with Crippen molar-refractivity contribution < 1.29 is 0 Å². The highest BCUT2D eigenvalue weighted by Gasteiger charge is 1.98. The molecule has 1 heterocycles. The molecule has 112 valence electrons. The Bertz CT molecular complexity index is 556. The molecule has 0 saturated heterocycles. The number of nitrogens with zero attached hydrogens (tertiary/aromatic N) is 2. The lowest BCUT2D eigenvalue weighted by atomic mass is 10.1. The van der Waals surface area contributed by atoms with Crippen LogP contribution in [0.4, 0.5) is 0 Å². The Balaban J connectivity index is 1.53. The maximum Gasteiger partial charge on any atom is 0.166 e. The first-order chi connectivity index (χ1) is 10.2. The number of hydrogen-bond acceptors (Lipinski definition) is 2. The molecule has 2 N–H and O–H groups in total. The van der Waals surface area contributed by atoms with Gasteiger partial charge in [0, 0.05) is 25.8 Å². The number of halogens is 1. The summed E-state index contributed by atoms with van der Waals surface area (Å²) in [6, 6.07) is 10.4. The standard InChI is InChI=1S/C15H19ClN4S/c16-14-11-19-20(12-14)10-4-8-17-15(21)18-9-7-13-5-2-1-3-6-13/h1-3,5-6,11-12H,4,7-10H2,(H2,17,18,21). The van der Waals surface area contributed by atoms with Crippen molar-refractivity contribution in [3.63, 3.8) is 0 Å². The van der Waals surface area contributed by atoms with Gasteiger partial charge in [0.15, 0.2) is 5.11 Å². The van der Waals surface area contributed by atoms with Crippen LogP contribution in [0.25, 0.3) is 0 Å². The fraction of sp³-hybridized carbons (Fsp3) is 0.333. The van der Waals surface area contributed by atoms with Gasteiger partial charge in [-0.1, -0.05) is 41.9 Å². The monoisotopic (exact) mass is 322 g/mol. The highest BCUT2D eigenvalue weighted by Crippen LogP contribution is 2.04. The molecule has 2 aromatic rings. The molecule has 0 amide bonds. The summed E-state index contributed by atoms with van der Waals surface area (Å²) in [5, 5.41) is 11.9. The predicted molar refractivity (Wildman–Crippen MR) is 90.6 cm³/mol. The largest absolute Gasteiger partial charge is 0.363 e. The predicted octanol–water partition coefficient (Wildman–Crippen LogP) is 2.63. The van der Waals surface area contributed by atoms with E-state index in [-0.39, 0.29) is 0 Å². The first-order valence-corrected chi connectivity index (χ1v) is 7.76. The summed E-state index contributed by atoms with van der Waals surface area (Å²) in [6.45, 7) is 2.48. The van der Waals surface area contributed by atoms with Crippen molar-refractivity contribution in [2.75, 3.05) is 13.1 Å². The molecule has 0 aliphatic rings. The van der Waals surface area contributed by atoms with Gasteiger partial charge in [-0.3, -0.25) is 4.68 Å². The summed E-state index contributed by atoms with van der Waals surface area (Å²) < 4.78 is 1.83. The summed E-state index contributed by atoms with van der Waals surface area (Å²) >= 11 is 11.0. The number of hydrogen-bond donors (Lipinski definition) is 2. The van der Waals surface area contributed by atoms with Crippen LogP contribution in [0.15, 0.2) is 42.7 Å². The van der Waals surface area contributed by atoms with Crippen LogP contribution >= 0.6 is 23.8 Å². The van der Waals surface area contributed by atoms with Gasteiger partial charge < -0.3 is 10.6 Å². The number of nitrogens with one attached hydrogen (secondary N) is 2. The van der Waals surface area contributed by atoms with E-state index in [0.717, 1.165) is 32.5 Å². The summed E-state index contributed by atoms with van der Waals surface area (Å²) in [7, 11) is 0. The van der Waals surface area contributed by atoms with Gasteiger partial charge in [0.2, 0.25) is 0 Å². The molecule has 1 aromatic heterocycles. The molecule has 21 heavy (non-hydrogen) atoms. The average molecular weight is 323 g/mol. The van der Waals surface area contributed by atoms with Crippen LogP contribution in [0.5, 0.6) is 0 Å². The molecule has 0 bridgehead atoms. The van der Waals surface area contributed by atoms with E-state index in [0.29, 0.717) is 10.1 Å². The maximum absolute atomic E-state index is 5.80. The Kier molecular flexibility index (Phi) is 6.50. The molecule has 0 spiro atoms. The number of aromatic nitrogens is 2. The quantitative estimate of drug-likeness (QED) is 0.607. The summed E-state index contributed by atoms with van der Waals surface area (Å²) in [4.78, 5) is 0. The number of thiocarbonyl (C=S) groups is 1. The molecule has 0 unspecified atom stereocenters. The van der Waals surface area contributed by atoms with Gasteiger partial charge in [-0.25, -0.2) is 0 Å². The number of rotatable bonds is 7. The molecule has 0 aliphatic heterocycles. The molecule has 2 rings (SSSR count). The van der Waals surface area contributed by atoms with Crippen molar-refractivity contribution in [2.24, 2.45) is 0 Å². The Morgan fingerprint density at radius 3 is 2.67 bits per heavy atom. The van der Waals surface area contributed by atoms with Gasteiger partial charge in [-0.2, -0.15) is 5.10 Å². The van der Waals surface area contributed by atoms with Crippen LogP contribution in [0.2, 0.25) is 5.02 Å². The zero-order valence-electron chi connectivity index (χ0n) is 11.8. The molecule has 1 aromatic carbocycles. The number of aryl methyl sites for hydroxylation is 1. The lowest BCUT2D eigenvalue weighted by molar-refractivity contribution is 0.571. The smallest absolute Gasteiger partial charge is 0.166 e. The van der Waals surface area contributed by atoms with E-state index in [2.05, 4.69) is 27.9 Å². The van der Waals surface area contributed by atoms with E-state index >= 15 is 0 Å². The summed E-state index contributed by atoms with van der Waals surface area (Å²) in [6.07, 6.45) is 5.37. The minimum absolute atomic E-state index is 0.668. The highest BCUT2D eigenvalue weighted by atomic mass is 35.5. The van der Waals surface area contributed by atoms with Gasteiger partial charge in [0.05, 0.1) is 11.2 Å². The second-order valence-corrected chi connectivity index (χ2v) is 5.54. The molecule has 4 nitrogen and oxygen atoms in total. The van der Waals surface area contributed by atoms with Gasteiger partial charge in [-0.15, -0.1) is 0 Å². The maximum atomic E-state index is 5.80. The molecule has 6 heteroatoms. The van der Waals surface area contributed by atoms with Crippen molar-refractivity contribution in [1.82, 2.24) is 20.4 Å². The van der Waals surface area contributed by atoms with E-state index in [1.807, 2.05) is 29.1 Å². The summed E-state index contributed by atoms with van der Waals surface area (Å²) in [5.74, 6) is 0. The number of benzene rings is 1. The van der Waals surface area contributed by atoms with E-state index in [9.17, 15) is 0 Å². The topological polar surface area (TPSA) is 41.9 Å². The lowest BCUT2D eigenvalue weighted by Crippen LogP contribution is -2.37. The second kappa shape index (κ2) is 8.64. The van der Waals surface area contributed by atoms with Gasteiger partial charge >= 0.3 is 0 Å². The Labute approximate surface area is 135 Å². The molecule has 0 radical (unpaired) electrons. The van der Waals surface area contributed by atoms with E-state index in [1.165, 1.54) is 5.56 Å². The highest BCUT2D eigenvalue weighted by molar-refractivity contribution is 7.80. The first-order valence-electron chi connectivity index (χ1n) is 6.97. The zero-order valence-corrected chi connectivity index (χ0v) is 13.3. The molecule has 0 aliphatic carbocycles. The van der Waals surface area contributed by atoms with E-state index in [1.54, 1.807) is 6.20 Å². The summed E-state index contributed by atoms with van der Waals surface area (Å²) in [5.41, 5.74) is 1.31. The first kappa shape index (κ1) is 15.8. The van der Waals surface area contributed by atoms with Crippen molar-refractivity contribution in [2.45, 2.75) is 19.4 Å². The van der Waals surface area contributed by atoms with Crippen LogP contribution in [0.3, 0.4) is 0 Å². The molecular formula is C15H19ClN4S. The van der Waals surface area contributed by atoms with E-state index < -0.39 is 0 Å². The van der Waals surface area contributed by atoms with Crippen molar-refractivity contribution in [3.05, 3.63) is 53.3 Å². The fourth-order valence-corrected chi connectivity index (χ4v) is 2.29. The molecule has 0 atom stereocenters. The Morgan fingerprint density at radius 1 is 1.19 bits per heavy atom. The fourth-order valence-electron chi connectivity index (χ4n) is 1.93. The third-order valence-corrected chi connectivity index (χ3v) is 3.48. The van der Waals surface area contributed by atoms with Crippen LogP contribution in [-0.4, -0.2) is 28.0 Å². The minimum Gasteiger partial charge on any atom is -0.363 e. The second-order valence-electron chi connectivity index (χ2n) is 4.69. The van der Waals surface area contributed by atoms with Crippen LogP contribution in [0, 0.1) is 0 Å². The van der Waals surface area contributed by atoms with Gasteiger partial charge in [-0.05, 0) is 30.6 Å². The van der Waals surface area contributed by atoms with Crippen LogP contribution in [0.1, 0.15) is 12.0 Å². The van der Waals surface area contributed by atoms with E-state index in [4.69, 9.17) is 23.8 Å². The van der Waals surface area contributed by atoms with Crippen LogP contribution < -0.4 is 10.6 Å².